The average Bonchev–Trinajstić information content (AvgIpc) is 3.30. The molecule has 2 aromatic rings. The van der Waals surface area contributed by atoms with Gasteiger partial charge in [-0.3, -0.25) is 14.5 Å². The molecule has 2 fully saturated rings. The monoisotopic (exact) mass is 434 g/mol. The number of carbonyl (C=O) groups excluding carboxylic acids is 1. The van der Waals surface area contributed by atoms with Crippen LogP contribution in [-0.2, 0) is 13.0 Å². The maximum atomic E-state index is 13.1. The molecule has 170 valence electrons. The summed E-state index contributed by atoms with van der Waals surface area (Å²) in [5, 5.41) is 0. The second-order valence-corrected chi connectivity index (χ2v) is 9.89. The molecule has 3 aliphatic rings. The van der Waals surface area contributed by atoms with Crippen molar-refractivity contribution in [1.82, 2.24) is 19.8 Å². The second-order valence-electron chi connectivity index (χ2n) is 9.89. The molecular weight excluding hydrogens is 400 g/mol. The Morgan fingerprint density at radius 2 is 1.84 bits per heavy atom. The number of H-pyrrole nitrogens is 1. The highest BCUT2D eigenvalue weighted by atomic mass is 16.2. The van der Waals surface area contributed by atoms with Crippen molar-refractivity contribution in [2.24, 2.45) is 5.92 Å². The van der Waals surface area contributed by atoms with Crippen LogP contribution in [0.4, 0.5) is 0 Å². The van der Waals surface area contributed by atoms with Gasteiger partial charge in [0.15, 0.2) is 0 Å². The van der Waals surface area contributed by atoms with Gasteiger partial charge in [0, 0.05) is 38.2 Å². The summed E-state index contributed by atoms with van der Waals surface area (Å²) in [6, 6.07) is 7.56. The summed E-state index contributed by atoms with van der Waals surface area (Å²) < 4.78 is 0. The third kappa shape index (κ3) is 4.38. The van der Waals surface area contributed by atoms with Crippen LogP contribution in [0, 0.1) is 12.8 Å². The van der Waals surface area contributed by atoms with Crippen LogP contribution in [-0.4, -0.2) is 45.3 Å². The highest BCUT2D eigenvalue weighted by molar-refractivity contribution is 5.94. The molecule has 1 aromatic carbocycles. The van der Waals surface area contributed by atoms with Gasteiger partial charge in [-0.15, -0.1) is 0 Å². The summed E-state index contributed by atoms with van der Waals surface area (Å²) in [5.41, 5.74) is 3.57. The minimum atomic E-state index is -0.151. The number of nitrogens with zero attached hydrogens (tertiary/aromatic N) is 3. The van der Waals surface area contributed by atoms with Crippen LogP contribution in [0.25, 0.3) is 0 Å². The van der Waals surface area contributed by atoms with Crippen molar-refractivity contribution in [3.05, 3.63) is 62.8 Å². The smallest absolute Gasteiger partial charge is 0.255 e. The lowest BCUT2D eigenvalue weighted by Gasteiger charge is -2.33. The third-order valence-corrected chi connectivity index (χ3v) is 7.53. The first-order chi connectivity index (χ1) is 15.6. The zero-order chi connectivity index (χ0) is 22.1. The Kier molecular flexibility index (Phi) is 6.13. The first-order valence-electron chi connectivity index (χ1n) is 12.3. The van der Waals surface area contributed by atoms with Crippen molar-refractivity contribution in [3.8, 4) is 0 Å². The molecule has 1 atom stereocenters. The highest BCUT2D eigenvalue weighted by Crippen LogP contribution is 2.32. The number of nitrogens with one attached hydrogen (secondary N) is 1. The number of hydrogen-bond donors (Lipinski definition) is 1. The molecule has 32 heavy (non-hydrogen) atoms. The minimum Gasteiger partial charge on any atom is -0.328 e. The van der Waals surface area contributed by atoms with E-state index in [9.17, 15) is 9.59 Å². The van der Waals surface area contributed by atoms with Crippen molar-refractivity contribution < 1.29 is 4.79 Å². The standard InChI is InChI=1S/C26H34N4O2/c1-18-9-11-20(12-10-18)26(32)30-14-5-8-23(30)24-27-22-13-15-29(17-21(22)25(31)28-24)16-19-6-3-2-4-7-19/h9-12,19,23H,2-8,13-17H2,1H3,(H,27,28,31). The SMILES string of the molecule is Cc1ccc(C(=O)N2CCCC2c2nc3c(c(=O)[nH]2)CN(CC2CCCCC2)CC3)cc1. The van der Waals surface area contributed by atoms with Crippen LogP contribution in [0.1, 0.15) is 84.0 Å². The molecule has 1 aliphatic carbocycles. The van der Waals surface area contributed by atoms with Gasteiger partial charge in [0.1, 0.15) is 5.82 Å². The molecule has 0 radical (unpaired) electrons. The van der Waals surface area contributed by atoms with E-state index < -0.39 is 0 Å². The van der Waals surface area contributed by atoms with Crippen molar-refractivity contribution in [2.75, 3.05) is 19.6 Å². The molecule has 1 unspecified atom stereocenters. The number of fused-ring (bicyclic) bond motifs is 1. The van der Waals surface area contributed by atoms with Gasteiger partial charge < -0.3 is 9.88 Å². The number of aromatic amines is 1. The summed E-state index contributed by atoms with van der Waals surface area (Å²) >= 11 is 0. The van der Waals surface area contributed by atoms with Crippen LogP contribution in [0.2, 0.25) is 0 Å². The molecule has 1 amide bonds. The highest BCUT2D eigenvalue weighted by Gasteiger charge is 2.33. The molecule has 3 heterocycles. The van der Waals surface area contributed by atoms with E-state index in [2.05, 4.69) is 9.88 Å². The Balaban J connectivity index is 1.33. The molecule has 1 aromatic heterocycles. The number of benzene rings is 1. The largest absolute Gasteiger partial charge is 0.328 e. The van der Waals surface area contributed by atoms with Gasteiger partial charge in [-0.05, 0) is 50.7 Å². The van der Waals surface area contributed by atoms with Crippen molar-refractivity contribution >= 4 is 5.91 Å². The van der Waals surface area contributed by atoms with Crippen LogP contribution < -0.4 is 5.56 Å². The fourth-order valence-electron chi connectivity index (χ4n) is 5.70. The molecule has 0 spiro atoms. The lowest BCUT2D eigenvalue weighted by Crippen LogP contribution is -2.40. The Hall–Kier alpha value is -2.47. The number of aromatic nitrogens is 2. The molecule has 5 rings (SSSR count). The van der Waals surface area contributed by atoms with Gasteiger partial charge >= 0.3 is 0 Å². The number of hydrogen-bond acceptors (Lipinski definition) is 4. The van der Waals surface area contributed by atoms with Crippen LogP contribution >= 0.6 is 0 Å². The summed E-state index contributed by atoms with van der Waals surface area (Å²) in [6.07, 6.45) is 9.30. The molecule has 6 heteroatoms. The third-order valence-electron chi connectivity index (χ3n) is 7.53. The topological polar surface area (TPSA) is 69.3 Å². The number of likely N-dealkylation sites (tertiary alicyclic amines) is 1. The average molecular weight is 435 g/mol. The van der Waals surface area contributed by atoms with Crippen molar-refractivity contribution in [2.45, 2.75) is 70.9 Å². The van der Waals surface area contributed by atoms with Gasteiger partial charge in [-0.2, -0.15) is 0 Å². The summed E-state index contributed by atoms with van der Waals surface area (Å²) in [6.45, 7) is 5.49. The lowest BCUT2D eigenvalue weighted by molar-refractivity contribution is 0.0729. The zero-order valence-electron chi connectivity index (χ0n) is 19.1. The first kappa shape index (κ1) is 21.4. The molecule has 2 aliphatic heterocycles. The predicted molar refractivity (Wildman–Crippen MR) is 125 cm³/mol. The fourth-order valence-corrected chi connectivity index (χ4v) is 5.70. The maximum Gasteiger partial charge on any atom is 0.255 e. The number of rotatable bonds is 4. The predicted octanol–water partition coefficient (Wildman–Crippen LogP) is 3.99. The van der Waals surface area contributed by atoms with E-state index >= 15 is 0 Å². The summed E-state index contributed by atoms with van der Waals surface area (Å²) in [7, 11) is 0. The molecule has 6 nitrogen and oxygen atoms in total. The number of aryl methyl sites for hydroxylation is 1. The van der Waals surface area contributed by atoms with E-state index in [1.807, 2.05) is 36.1 Å². The second kappa shape index (κ2) is 9.18. The summed E-state index contributed by atoms with van der Waals surface area (Å²) in [5.74, 6) is 1.45. The molecule has 1 saturated heterocycles. The molecule has 1 saturated carbocycles. The van der Waals surface area contributed by atoms with Crippen LogP contribution in [0.15, 0.2) is 29.1 Å². The summed E-state index contributed by atoms with van der Waals surface area (Å²) in [4.78, 5) is 38.5. The van der Waals surface area contributed by atoms with E-state index in [1.54, 1.807) is 0 Å². The van der Waals surface area contributed by atoms with E-state index in [4.69, 9.17) is 4.98 Å². The van der Waals surface area contributed by atoms with Crippen molar-refractivity contribution in [3.63, 3.8) is 0 Å². The minimum absolute atomic E-state index is 0.0199. The molecular formula is C26H34N4O2. The number of carbonyl (C=O) groups is 1. The van der Waals surface area contributed by atoms with Gasteiger partial charge in [-0.25, -0.2) is 4.98 Å². The Morgan fingerprint density at radius 3 is 2.62 bits per heavy atom. The van der Waals surface area contributed by atoms with Crippen molar-refractivity contribution in [1.29, 1.82) is 0 Å². The Morgan fingerprint density at radius 1 is 1.06 bits per heavy atom. The van der Waals surface area contributed by atoms with E-state index in [-0.39, 0.29) is 17.5 Å². The Labute approximate surface area is 190 Å². The number of amides is 1. The Bertz CT molecular complexity index is 1020. The normalized spacial score (nSPS) is 22.2. The van der Waals surface area contributed by atoms with Gasteiger partial charge in [0.2, 0.25) is 0 Å². The molecule has 0 bridgehead atoms. The van der Waals surface area contributed by atoms with E-state index in [1.165, 1.54) is 32.1 Å². The van der Waals surface area contributed by atoms with Gasteiger partial charge in [-0.1, -0.05) is 37.0 Å². The van der Waals surface area contributed by atoms with Gasteiger partial charge in [0.25, 0.3) is 11.5 Å². The van der Waals surface area contributed by atoms with Crippen LogP contribution in [0.5, 0.6) is 0 Å². The quantitative estimate of drug-likeness (QED) is 0.790. The lowest BCUT2D eigenvalue weighted by atomic mass is 9.88. The fraction of sp³-hybridized carbons (Fsp3) is 0.577. The van der Waals surface area contributed by atoms with Gasteiger partial charge in [0.05, 0.1) is 17.3 Å². The van der Waals surface area contributed by atoms with E-state index in [0.29, 0.717) is 24.5 Å². The first-order valence-corrected chi connectivity index (χ1v) is 12.3. The zero-order valence-corrected chi connectivity index (χ0v) is 19.1. The maximum absolute atomic E-state index is 13.1. The van der Waals surface area contributed by atoms with Crippen LogP contribution in [0.3, 0.4) is 0 Å². The van der Waals surface area contributed by atoms with E-state index in [0.717, 1.165) is 55.1 Å². The molecule has 1 N–H and O–H groups in total.